The minimum Gasteiger partial charge on any atom is -0.456 e. The second kappa shape index (κ2) is 11.5. The summed E-state index contributed by atoms with van der Waals surface area (Å²) in [5.41, 5.74) is 3.18. The highest BCUT2D eigenvalue weighted by Gasteiger charge is 2.31. The lowest BCUT2D eigenvalue weighted by atomic mass is 10.2. The minimum absolute atomic E-state index is 0.139. The number of esters is 1. The first-order valence-electron chi connectivity index (χ1n) is 9.12. The first-order chi connectivity index (χ1) is 15.5. The van der Waals surface area contributed by atoms with Crippen molar-refractivity contribution in [2.45, 2.75) is 19.0 Å². The van der Waals surface area contributed by atoms with Crippen LogP contribution in [-0.2, 0) is 25.3 Å². The van der Waals surface area contributed by atoms with Crippen molar-refractivity contribution in [2.75, 3.05) is 11.9 Å². The number of hydrogen-bond donors (Lipinski definition) is 3. The Hall–Kier alpha value is -3.31. The van der Waals surface area contributed by atoms with E-state index in [9.17, 15) is 32.3 Å². The van der Waals surface area contributed by atoms with Gasteiger partial charge in [0, 0.05) is 17.0 Å². The van der Waals surface area contributed by atoms with Gasteiger partial charge in [-0.05, 0) is 42.5 Å². The number of hydrogen-bond acceptors (Lipinski definition) is 5. The average molecular weight is 506 g/mol. The number of nitrogens with one attached hydrogen (secondary N) is 3. The summed E-state index contributed by atoms with van der Waals surface area (Å²) in [5, 5.41) is 2.40. The number of amides is 3. The van der Waals surface area contributed by atoms with Crippen LogP contribution in [0.2, 0.25) is 10.0 Å². The first kappa shape index (κ1) is 25.9. The molecular formula is C20H16Cl2F3N3O5. The third-order valence-corrected chi connectivity index (χ3v) is 4.49. The minimum atomic E-state index is -4.63. The van der Waals surface area contributed by atoms with Crippen molar-refractivity contribution in [3.05, 3.63) is 63.6 Å². The summed E-state index contributed by atoms with van der Waals surface area (Å²) < 4.78 is 42.9. The Balaban J connectivity index is 1.72. The molecule has 0 fully saturated rings. The van der Waals surface area contributed by atoms with Crippen molar-refractivity contribution >= 4 is 52.6 Å². The number of alkyl halides is 3. The topological polar surface area (TPSA) is 114 Å². The number of carbonyl (C=O) groups is 4. The zero-order valence-electron chi connectivity index (χ0n) is 16.6. The van der Waals surface area contributed by atoms with E-state index in [2.05, 4.69) is 20.9 Å². The lowest BCUT2D eigenvalue weighted by Gasteiger charge is -2.12. The highest BCUT2D eigenvalue weighted by molar-refractivity contribution is 6.33. The average Bonchev–Trinajstić information content (AvgIpc) is 2.75. The maximum atomic E-state index is 12.8. The second-order valence-electron chi connectivity index (χ2n) is 6.41. The maximum Gasteiger partial charge on any atom is 0.416 e. The van der Waals surface area contributed by atoms with Crippen LogP contribution in [0, 0.1) is 0 Å². The van der Waals surface area contributed by atoms with Gasteiger partial charge in [-0.25, -0.2) is 0 Å². The Labute approximate surface area is 195 Å². The third kappa shape index (κ3) is 8.62. The van der Waals surface area contributed by atoms with Crippen LogP contribution in [0.5, 0.6) is 0 Å². The van der Waals surface area contributed by atoms with Gasteiger partial charge < -0.3 is 10.1 Å². The normalized spacial score (nSPS) is 10.8. The monoisotopic (exact) mass is 505 g/mol. The molecule has 0 aromatic heterocycles. The molecule has 0 aliphatic heterocycles. The van der Waals surface area contributed by atoms with Crippen LogP contribution in [0.25, 0.3) is 0 Å². The van der Waals surface area contributed by atoms with E-state index in [-0.39, 0.29) is 22.7 Å². The summed E-state index contributed by atoms with van der Waals surface area (Å²) in [6.07, 6.45) is -5.41. The van der Waals surface area contributed by atoms with E-state index in [1.807, 2.05) is 0 Å². The Kier molecular flexibility index (Phi) is 9.06. The molecule has 3 amide bonds. The number of anilines is 1. The van der Waals surface area contributed by atoms with Crippen LogP contribution >= 0.6 is 23.2 Å². The molecule has 0 saturated heterocycles. The van der Waals surface area contributed by atoms with Gasteiger partial charge in [-0.2, -0.15) is 13.2 Å². The lowest BCUT2D eigenvalue weighted by Crippen LogP contribution is -2.41. The van der Waals surface area contributed by atoms with Crippen molar-refractivity contribution < 1.29 is 37.1 Å². The number of carbonyl (C=O) groups excluding carboxylic acids is 4. The molecule has 0 aliphatic rings. The molecule has 0 aliphatic carbocycles. The van der Waals surface area contributed by atoms with Gasteiger partial charge in [-0.3, -0.25) is 30.0 Å². The Morgan fingerprint density at radius 3 is 2.18 bits per heavy atom. The lowest BCUT2D eigenvalue weighted by molar-refractivity contribution is -0.148. The molecule has 0 atom stereocenters. The molecule has 33 heavy (non-hydrogen) atoms. The fourth-order valence-electron chi connectivity index (χ4n) is 2.28. The van der Waals surface area contributed by atoms with Crippen molar-refractivity contribution in [1.82, 2.24) is 10.9 Å². The van der Waals surface area contributed by atoms with Crippen LogP contribution in [0.3, 0.4) is 0 Å². The molecule has 0 saturated carbocycles. The van der Waals surface area contributed by atoms with E-state index in [1.54, 1.807) is 0 Å². The molecule has 2 rings (SSSR count). The third-order valence-electron chi connectivity index (χ3n) is 3.91. The maximum absolute atomic E-state index is 12.8. The van der Waals surface area contributed by atoms with Crippen LogP contribution < -0.4 is 16.2 Å². The Bertz CT molecular complexity index is 1050. The quantitative estimate of drug-likeness (QED) is 0.391. The smallest absolute Gasteiger partial charge is 0.416 e. The molecule has 0 spiro atoms. The van der Waals surface area contributed by atoms with E-state index >= 15 is 0 Å². The number of rotatable bonds is 7. The van der Waals surface area contributed by atoms with Gasteiger partial charge in [0.2, 0.25) is 5.91 Å². The van der Waals surface area contributed by atoms with Gasteiger partial charge in [-0.1, -0.05) is 23.2 Å². The van der Waals surface area contributed by atoms with Crippen molar-refractivity contribution in [3.63, 3.8) is 0 Å². The molecule has 3 N–H and O–H groups in total. The molecule has 0 bridgehead atoms. The highest BCUT2D eigenvalue weighted by atomic mass is 35.5. The fourth-order valence-corrected chi connectivity index (χ4v) is 2.57. The van der Waals surface area contributed by atoms with Crippen LogP contribution in [-0.4, -0.2) is 30.3 Å². The number of halogens is 5. The first-order valence-corrected chi connectivity index (χ1v) is 9.88. The van der Waals surface area contributed by atoms with Gasteiger partial charge in [-0.15, -0.1) is 0 Å². The largest absolute Gasteiger partial charge is 0.456 e. The molecule has 8 nitrogen and oxygen atoms in total. The fraction of sp³-hybridized carbons (Fsp3) is 0.200. The molecule has 13 heteroatoms. The summed E-state index contributed by atoms with van der Waals surface area (Å²) in [6, 6.07) is 8.23. The molecule has 0 radical (unpaired) electrons. The molecule has 0 heterocycles. The summed E-state index contributed by atoms with van der Waals surface area (Å²) in [7, 11) is 0. The van der Waals surface area contributed by atoms with Crippen LogP contribution in [0.15, 0.2) is 42.5 Å². The van der Waals surface area contributed by atoms with Crippen LogP contribution in [0.4, 0.5) is 18.9 Å². The summed E-state index contributed by atoms with van der Waals surface area (Å²) in [5.74, 6) is -3.15. The number of benzene rings is 2. The van der Waals surface area contributed by atoms with E-state index in [0.717, 1.165) is 12.1 Å². The van der Waals surface area contributed by atoms with Gasteiger partial charge in [0.25, 0.3) is 11.8 Å². The molecule has 176 valence electrons. The molecule has 2 aromatic rings. The van der Waals surface area contributed by atoms with E-state index in [0.29, 0.717) is 11.1 Å². The van der Waals surface area contributed by atoms with Crippen molar-refractivity contribution in [1.29, 1.82) is 0 Å². The van der Waals surface area contributed by atoms with Crippen molar-refractivity contribution in [2.24, 2.45) is 0 Å². The second-order valence-corrected chi connectivity index (χ2v) is 7.25. The molecular weight excluding hydrogens is 490 g/mol. The Morgan fingerprint density at radius 1 is 0.879 bits per heavy atom. The summed E-state index contributed by atoms with van der Waals surface area (Å²) >= 11 is 11.5. The van der Waals surface area contributed by atoms with Gasteiger partial charge in [0.1, 0.15) is 0 Å². The van der Waals surface area contributed by atoms with Gasteiger partial charge in [0.15, 0.2) is 6.61 Å². The highest BCUT2D eigenvalue weighted by Crippen LogP contribution is 2.33. The van der Waals surface area contributed by atoms with Gasteiger partial charge in [0.05, 0.1) is 22.7 Å². The number of ether oxygens (including phenoxy) is 1. The predicted molar refractivity (Wildman–Crippen MR) is 112 cm³/mol. The summed E-state index contributed by atoms with van der Waals surface area (Å²) in [6.45, 7) is -0.805. The zero-order valence-corrected chi connectivity index (χ0v) is 18.1. The standard InChI is InChI=1S/C20H16Cl2F3N3O5/c21-13-4-1-11(2-5-13)19(32)28-27-16(29)7-8-18(31)33-10-17(30)26-15-9-12(20(23,24)25)3-6-14(15)22/h1-6,9H,7-8,10H2,(H,26,30)(H,27,29)(H,28,32). The van der Waals surface area contributed by atoms with Gasteiger partial charge >= 0.3 is 12.1 Å². The predicted octanol–water partition coefficient (Wildman–Crippen LogP) is 3.74. The van der Waals surface area contributed by atoms with Crippen molar-refractivity contribution in [3.8, 4) is 0 Å². The van der Waals surface area contributed by atoms with E-state index < -0.39 is 48.5 Å². The van der Waals surface area contributed by atoms with E-state index in [4.69, 9.17) is 23.2 Å². The molecule has 2 aromatic carbocycles. The molecule has 0 unspecified atom stereocenters. The number of hydrazine groups is 1. The zero-order chi connectivity index (χ0) is 24.6. The van der Waals surface area contributed by atoms with E-state index in [1.165, 1.54) is 24.3 Å². The summed E-state index contributed by atoms with van der Waals surface area (Å²) in [4.78, 5) is 47.1. The SMILES string of the molecule is O=C(CCC(=O)OCC(=O)Nc1cc(C(F)(F)F)ccc1Cl)NNC(=O)c1ccc(Cl)cc1. The van der Waals surface area contributed by atoms with Crippen LogP contribution in [0.1, 0.15) is 28.8 Å². The Morgan fingerprint density at radius 2 is 1.55 bits per heavy atom.